The molecule has 11 atom stereocenters. The molecule has 3 aliphatic rings. The van der Waals surface area contributed by atoms with E-state index < -0.39 is 76.2 Å². The van der Waals surface area contributed by atoms with E-state index in [2.05, 4.69) is 37.2 Å². The first-order chi connectivity index (χ1) is 23.0. The monoisotopic (exact) mass is 745 g/mol. The summed E-state index contributed by atoms with van der Waals surface area (Å²) in [7, 11) is -2.50. The van der Waals surface area contributed by atoms with Gasteiger partial charge in [-0.3, -0.25) is 9.09 Å². The fourth-order valence-electron chi connectivity index (χ4n) is 6.14. The Bertz CT molecular complexity index is 1900. The molecule has 0 amide bonds. The van der Waals surface area contributed by atoms with Crippen LogP contribution in [0.4, 0.5) is 5.82 Å². The molecule has 2 fully saturated rings. The van der Waals surface area contributed by atoms with Crippen molar-refractivity contribution in [1.29, 1.82) is 0 Å². The number of hydrogen-bond acceptors (Lipinski definition) is 17. The maximum Gasteiger partial charge on any atom is 0.582 e. The molecular formula is C25H31N8O11P2S2+. The summed E-state index contributed by atoms with van der Waals surface area (Å²) < 4.78 is 49.5. The molecule has 0 aliphatic carbocycles. The highest BCUT2D eigenvalue weighted by Gasteiger charge is 2.52. The molecule has 0 radical (unpaired) electrons. The van der Waals surface area contributed by atoms with Crippen molar-refractivity contribution in [2.24, 2.45) is 0 Å². The molecule has 2 saturated heterocycles. The molecule has 4 aromatic rings. The largest absolute Gasteiger partial charge is 0.582 e. The molecule has 7 rings (SSSR count). The van der Waals surface area contributed by atoms with Gasteiger partial charge < -0.3 is 49.2 Å². The van der Waals surface area contributed by atoms with E-state index in [9.17, 15) is 24.8 Å². The number of thiol groups is 1. The van der Waals surface area contributed by atoms with Crippen molar-refractivity contribution in [3.8, 4) is 5.88 Å². The van der Waals surface area contributed by atoms with Crippen LogP contribution in [0, 0.1) is 0 Å². The van der Waals surface area contributed by atoms with Crippen LogP contribution in [0.15, 0.2) is 25.2 Å². The van der Waals surface area contributed by atoms with E-state index in [-0.39, 0.29) is 23.1 Å². The number of aliphatic hydroxyl groups is 3. The van der Waals surface area contributed by atoms with Gasteiger partial charge in [-0.2, -0.15) is 0 Å². The van der Waals surface area contributed by atoms with E-state index in [4.69, 9.17) is 45.3 Å². The molecule has 7 heterocycles. The van der Waals surface area contributed by atoms with Gasteiger partial charge in [0.25, 0.3) is 0 Å². The number of nitrogens with two attached hydrogens (primary N) is 1. The van der Waals surface area contributed by atoms with Crippen LogP contribution in [0.2, 0.25) is 0 Å². The zero-order valence-corrected chi connectivity index (χ0v) is 28.4. The number of rotatable bonds is 10. The van der Waals surface area contributed by atoms with Crippen molar-refractivity contribution in [3.05, 3.63) is 30.7 Å². The van der Waals surface area contributed by atoms with Gasteiger partial charge in [-0.1, -0.05) is 0 Å². The highest BCUT2D eigenvalue weighted by Crippen LogP contribution is 2.50. The summed E-state index contributed by atoms with van der Waals surface area (Å²) in [6.07, 6.45) is -2.89. The number of imidazole rings is 1. The van der Waals surface area contributed by atoms with Crippen LogP contribution < -0.4 is 10.5 Å². The Morgan fingerprint density at radius 3 is 2.60 bits per heavy atom. The summed E-state index contributed by atoms with van der Waals surface area (Å²) in [4.78, 5) is 32.0. The standard InChI is InChI=1S/C25H30N8O11P2S2/c1-10-2-3-11-4-32(21-14(11)23(40-10)30-8-28-21)24-17(36)18(12(5-34)41-24)44-46(38,48)39-6-13-16(35)19(43-45(37)47)25(42-13)33-9-31-15-20(26)27-7-29-22(15)33/h4,7-10,12-13,16-19,24-25,34-36H,2-3,5-6H2,1H3,(H3-,26,27,29,37,38,47,48)/p+1/t10-,12+,13?,16+,17+,18+,19+,24+,25+,46?/m0/s1. The van der Waals surface area contributed by atoms with Crippen LogP contribution in [0.5, 0.6) is 5.88 Å². The van der Waals surface area contributed by atoms with E-state index >= 15 is 0 Å². The Morgan fingerprint density at radius 1 is 1.08 bits per heavy atom. The Kier molecular flexibility index (Phi) is 9.44. The van der Waals surface area contributed by atoms with E-state index in [1.807, 2.05) is 6.92 Å². The summed E-state index contributed by atoms with van der Waals surface area (Å²) in [5.74, 6) is 0.527. The van der Waals surface area contributed by atoms with Crippen LogP contribution in [-0.4, -0.2) is 110 Å². The highest BCUT2D eigenvalue weighted by molar-refractivity contribution is 8.39. The zero-order chi connectivity index (χ0) is 33.9. The Morgan fingerprint density at radius 2 is 1.83 bits per heavy atom. The number of fused-ring (bicyclic) bond motifs is 1. The minimum absolute atomic E-state index is 0.0465. The average molecular weight is 746 g/mol. The van der Waals surface area contributed by atoms with E-state index in [0.29, 0.717) is 23.3 Å². The van der Waals surface area contributed by atoms with Crippen molar-refractivity contribution in [3.63, 3.8) is 0 Å². The fourth-order valence-corrected chi connectivity index (χ4v) is 8.35. The van der Waals surface area contributed by atoms with Gasteiger partial charge in [0.2, 0.25) is 5.88 Å². The molecule has 0 saturated carbocycles. The van der Waals surface area contributed by atoms with Gasteiger partial charge >= 0.3 is 13.9 Å². The first kappa shape index (κ1) is 34.0. The van der Waals surface area contributed by atoms with E-state index in [0.717, 1.165) is 12.0 Å². The maximum atomic E-state index is 11.9. The van der Waals surface area contributed by atoms with Crippen molar-refractivity contribution >= 4 is 66.0 Å². The van der Waals surface area contributed by atoms with Crippen molar-refractivity contribution in [1.82, 2.24) is 34.1 Å². The van der Waals surface area contributed by atoms with Crippen LogP contribution in [0.25, 0.3) is 22.2 Å². The average Bonchev–Trinajstić information content (AvgIpc) is 3.76. The van der Waals surface area contributed by atoms with Crippen LogP contribution in [-0.2, 0) is 45.8 Å². The third-order valence-corrected chi connectivity index (χ3v) is 10.7. The molecule has 6 N–H and O–H groups in total. The van der Waals surface area contributed by atoms with Gasteiger partial charge in [0.15, 0.2) is 30.0 Å². The summed E-state index contributed by atoms with van der Waals surface area (Å²) in [5, 5.41) is 33.3. The van der Waals surface area contributed by atoms with Gasteiger partial charge in [0, 0.05) is 6.20 Å². The number of aryl methyl sites for hydroxylation is 1. The van der Waals surface area contributed by atoms with Crippen molar-refractivity contribution in [2.75, 3.05) is 18.9 Å². The summed E-state index contributed by atoms with van der Waals surface area (Å²) >= 11 is 9.07. The predicted molar refractivity (Wildman–Crippen MR) is 171 cm³/mol. The Labute approximate surface area is 282 Å². The van der Waals surface area contributed by atoms with Crippen molar-refractivity contribution in [2.45, 2.75) is 74.9 Å². The van der Waals surface area contributed by atoms with Crippen molar-refractivity contribution < 1.29 is 52.6 Å². The number of nitrogen functional groups attached to an aromatic ring is 1. The smallest absolute Gasteiger partial charge is 0.474 e. The maximum absolute atomic E-state index is 11.9. The van der Waals surface area contributed by atoms with Gasteiger partial charge in [-0.25, -0.2) is 24.9 Å². The lowest BCUT2D eigenvalue weighted by molar-refractivity contribution is -0.0537. The summed E-state index contributed by atoms with van der Waals surface area (Å²) in [5.41, 5.74) is 7.76. The van der Waals surface area contributed by atoms with Gasteiger partial charge in [0.1, 0.15) is 66.6 Å². The van der Waals surface area contributed by atoms with E-state index in [1.165, 1.54) is 23.5 Å². The number of ether oxygens (including phenoxy) is 3. The summed E-state index contributed by atoms with van der Waals surface area (Å²) in [6.45, 7) is -3.34. The van der Waals surface area contributed by atoms with Crippen LogP contribution in [0.3, 0.4) is 0 Å². The Hall–Kier alpha value is -2.49. The minimum Gasteiger partial charge on any atom is -0.474 e. The van der Waals surface area contributed by atoms with Gasteiger partial charge in [-0.05, 0) is 41.7 Å². The molecule has 23 heteroatoms. The number of anilines is 1. The lowest BCUT2D eigenvalue weighted by Crippen LogP contribution is -2.36. The molecule has 19 nitrogen and oxygen atoms in total. The molecule has 258 valence electrons. The van der Waals surface area contributed by atoms with Crippen LogP contribution in [0.1, 0.15) is 31.4 Å². The molecule has 0 aromatic carbocycles. The molecule has 3 aliphatic heterocycles. The lowest BCUT2D eigenvalue weighted by Gasteiger charge is -2.26. The SMILES string of the molecule is C[C@H]1CCc2cn([C@@H]3O[C@H](CO)[C@@H](OP(O)(=S)OCC4O[C@@H](n5cnc6c(N)ncnc65)[C@H](O[P+](=O)S)[C@@H]4O)[C@H]3O)c3ncnc(c23)O1. The van der Waals surface area contributed by atoms with Gasteiger partial charge in [-0.15, -0.1) is 4.52 Å². The number of aromatic nitrogens is 7. The second-order valence-corrected chi connectivity index (χ2v) is 15.9. The number of hydrogen-bond donors (Lipinski definition) is 6. The first-order valence-corrected chi connectivity index (χ1v) is 19.6. The third kappa shape index (κ3) is 6.21. The molecule has 0 bridgehead atoms. The molecule has 48 heavy (non-hydrogen) atoms. The Balaban J connectivity index is 1.07. The second-order valence-electron chi connectivity index (χ2n) is 11.4. The summed E-state index contributed by atoms with van der Waals surface area (Å²) in [6, 6.07) is 0. The molecule has 4 aromatic heterocycles. The highest BCUT2D eigenvalue weighted by atomic mass is 32.7. The van der Waals surface area contributed by atoms with E-state index in [1.54, 1.807) is 10.8 Å². The molecule has 0 spiro atoms. The topological polar surface area (TPSA) is 254 Å². The first-order valence-electron chi connectivity index (χ1n) is 14.7. The van der Waals surface area contributed by atoms with Gasteiger partial charge in [0.05, 0.1) is 31.0 Å². The third-order valence-electron chi connectivity index (χ3n) is 8.39. The molecular weight excluding hydrogens is 714 g/mol. The minimum atomic E-state index is -4.19. The quantitative estimate of drug-likeness (QED) is 0.0963. The fraction of sp³-hybridized carbons (Fsp3) is 0.560. The predicted octanol–water partition coefficient (Wildman–Crippen LogP) is 0.667. The number of aliphatic hydroxyl groups excluding tert-OH is 3. The zero-order valence-electron chi connectivity index (χ0n) is 24.9. The van der Waals surface area contributed by atoms with Crippen LogP contribution >= 0.6 is 26.2 Å². The second kappa shape index (κ2) is 13.3. The lowest BCUT2D eigenvalue weighted by atomic mass is 10.1. The number of nitrogens with zero attached hydrogens (tertiary/aromatic N) is 7. The molecule has 3 unspecified atom stereocenters. The normalized spacial score (nSPS) is 32.0.